The van der Waals surface area contributed by atoms with E-state index in [0.29, 0.717) is 5.82 Å². The third kappa shape index (κ3) is 3.67. The van der Waals surface area contributed by atoms with E-state index in [1.54, 1.807) is 0 Å². The number of ether oxygens (including phenoxy) is 1. The standard InChI is InChI=1S/C36H22N2O/c1-2-9-25(10-3-1)36-37-31(27-17-16-23-8-4-5-11-26(23)20-27)22-32(38-36)28-18-19-33-30(21-28)29-14-6-12-24-13-7-15-34(39-33)35(24)29/h1-22H. The molecule has 2 heterocycles. The highest BCUT2D eigenvalue weighted by Gasteiger charge is 2.21. The summed E-state index contributed by atoms with van der Waals surface area (Å²) in [5.74, 6) is 2.46. The average molecular weight is 499 g/mol. The van der Waals surface area contributed by atoms with Crippen molar-refractivity contribution in [2.75, 3.05) is 0 Å². The van der Waals surface area contributed by atoms with Crippen LogP contribution in [0, 0.1) is 0 Å². The van der Waals surface area contributed by atoms with Gasteiger partial charge >= 0.3 is 0 Å². The molecule has 0 saturated carbocycles. The van der Waals surface area contributed by atoms with E-state index in [0.717, 1.165) is 50.5 Å². The predicted molar refractivity (Wildman–Crippen MR) is 159 cm³/mol. The molecule has 1 aromatic heterocycles. The van der Waals surface area contributed by atoms with Gasteiger partial charge in [-0.3, -0.25) is 0 Å². The fraction of sp³-hybridized carbons (Fsp3) is 0. The normalized spacial score (nSPS) is 11.8. The van der Waals surface area contributed by atoms with Gasteiger partial charge in [-0.2, -0.15) is 0 Å². The van der Waals surface area contributed by atoms with E-state index in [1.165, 1.54) is 21.7 Å². The van der Waals surface area contributed by atoms with Crippen molar-refractivity contribution in [3.05, 3.63) is 133 Å². The first kappa shape index (κ1) is 21.8. The van der Waals surface area contributed by atoms with Gasteiger partial charge in [0.2, 0.25) is 0 Å². The van der Waals surface area contributed by atoms with Crippen molar-refractivity contribution in [3.63, 3.8) is 0 Å². The Morgan fingerprint density at radius 2 is 1.10 bits per heavy atom. The maximum Gasteiger partial charge on any atom is 0.160 e. The summed E-state index contributed by atoms with van der Waals surface area (Å²) in [6.07, 6.45) is 0. The van der Waals surface area contributed by atoms with Crippen LogP contribution in [0.25, 0.3) is 66.6 Å². The number of hydrogen-bond acceptors (Lipinski definition) is 3. The lowest BCUT2D eigenvalue weighted by atomic mass is 9.93. The lowest BCUT2D eigenvalue weighted by Crippen LogP contribution is -1.99. The van der Waals surface area contributed by atoms with Crippen LogP contribution in [0.3, 0.4) is 0 Å². The molecule has 0 aliphatic carbocycles. The highest BCUT2D eigenvalue weighted by atomic mass is 16.5. The summed E-state index contributed by atoms with van der Waals surface area (Å²) in [5.41, 5.74) is 7.10. The maximum absolute atomic E-state index is 6.33. The Hall–Kier alpha value is -5.28. The first-order valence-corrected chi connectivity index (χ1v) is 13.1. The molecule has 0 N–H and O–H groups in total. The molecule has 8 rings (SSSR count). The highest BCUT2D eigenvalue weighted by Crippen LogP contribution is 2.47. The van der Waals surface area contributed by atoms with Gasteiger partial charge in [0.25, 0.3) is 0 Å². The van der Waals surface area contributed by atoms with Gasteiger partial charge in [0.1, 0.15) is 11.5 Å². The van der Waals surface area contributed by atoms with Crippen LogP contribution in [0.15, 0.2) is 133 Å². The first-order valence-electron chi connectivity index (χ1n) is 13.1. The van der Waals surface area contributed by atoms with Crippen molar-refractivity contribution >= 4 is 21.5 Å². The predicted octanol–water partition coefficient (Wildman–Crippen LogP) is 9.56. The second-order valence-electron chi connectivity index (χ2n) is 9.86. The second-order valence-corrected chi connectivity index (χ2v) is 9.86. The summed E-state index contributed by atoms with van der Waals surface area (Å²) in [7, 11) is 0. The summed E-state index contributed by atoms with van der Waals surface area (Å²) in [6.45, 7) is 0. The Morgan fingerprint density at radius 1 is 0.410 bits per heavy atom. The fourth-order valence-corrected chi connectivity index (χ4v) is 5.53. The number of aromatic nitrogens is 2. The topological polar surface area (TPSA) is 35.0 Å². The van der Waals surface area contributed by atoms with Gasteiger partial charge in [0, 0.05) is 27.6 Å². The lowest BCUT2D eigenvalue weighted by molar-refractivity contribution is 0.487. The Kier molecular flexibility index (Phi) is 4.82. The second kappa shape index (κ2) is 8.64. The average Bonchev–Trinajstić information content (AvgIpc) is 3.01. The van der Waals surface area contributed by atoms with Crippen LogP contribution in [-0.4, -0.2) is 9.97 Å². The van der Waals surface area contributed by atoms with Crippen LogP contribution >= 0.6 is 0 Å². The third-order valence-electron chi connectivity index (χ3n) is 7.46. The Bertz CT molecular complexity index is 2040. The van der Waals surface area contributed by atoms with Crippen LogP contribution in [0.2, 0.25) is 0 Å². The number of nitrogens with zero attached hydrogens (tertiary/aromatic N) is 2. The summed E-state index contributed by atoms with van der Waals surface area (Å²) in [4.78, 5) is 10.1. The van der Waals surface area contributed by atoms with Gasteiger partial charge in [0.05, 0.1) is 11.4 Å². The fourth-order valence-electron chi connectivity index (χ4n) is 5.53. The summed E-state index contributed by atoms with van der Waals surface area (Å²) in [5, 5.41) is 4.72. The molecule has 3 nitrogen and oxygen atoms in total. The zero-order chi connectivity index (χ0) is 25.8. The van der Waals surface area contributed by atoms with Crippen molar-refractivity contribution < 1.29 is 4.74 Å². The van der Waals surface area contributed by atoms with Gasteiger partial charge in [-0.15, -0.1) is 0 Å². The molecule has 1 aliphatic rings. The monoisotopic (exact) mass is 498 g/mol. The van der Waals surface area contributed by atoms with Crippen LogP contribution in [0.5, 0.6) is 11.5 Å². The minimum atomic E-state index is 0.706. The van der Waals surface area contributed by atoms with E-state index in [9.17, 15) is 0 Å². The zero-order valence-corrected chi connectivity index (χ0v) is 21.0. The molecule has 0 amide bonds. The molecule has 3 heteroatoms. The third-order valence-corrected chi connectivity index (χ3v) is 7.46. The molecule has 1 aliphatic heterocycles. The highest BCUT2D eigenvalue weighted by molar-refractivity contribution is 6.04. The van der Waals surface area contributed by atoms with Crippen molar-refractivity contribution in [3.8, 4) is 56.5 Å². The van der Waals surface area contributed by atoms with E-state index >= 15 is 0 Å². The summed E-state index contributed by atoms with van der Waals surface area (Å²) < 4.78 is 6.33. The van der Waals surface area contributed by atoms with Gasteiger partial charge in [-0.25, -0.2) is 9.97 Å². The maximum atomic E-state index is 6.33. The summed E-state index contributed by atoms with van der Waals surface area (Å²) >= 11 is 0. The molecule has 182 valence electrons. The van der Waals surface area contributed by atoms with Gasteiger partial charge < -0.3 is 4.74 Å². The number of fused-ring (bicyclic) bond motifs is 3. The van der Waals surface area contributed by atoms with Gasteiger partial charge in [-0.1, -0.05) is 97.1 Å². The molecule has 0 saturated heterocycles. The SMILES string of the molecule is c1ccc(-c2nc(-c3ccc4c(c3)-c3cccc5cccc(c35)O4)cc(-c3ccc4ccccc4c3)n2)cc1. The van der Waals surface area contributed by atoms with Crippen LogP contribution in [0.4, 0.5) is 0 Å². The summed E-state index contributed by atoms with van der Waals surface area (Å²) in [6, 6.07) is 46.1. The van der Waals surface area contributed by atoms with Crippen molar-refractivity contribution in [1.82, 2.24) is 9.97 Å². The van der Waals surface area contributed by atoms with Crippen LogP contribution in [0.1, 0.15) is 0 Å². The molecule has 7 aromatic rings. The van der Waals surface area contributed by atoms with Crippen molar-refractivity contribution in [2.24, 2.45) is 0 Å². The smallest absolute Gasteiger partial charge is 0.160 e. The lowest BCUT2D eigenvalue weighted by Gasteiger charge is -2.22. The van der Waals surface area contributed by atoms with Crippen LogP contribution < -0.4 is 4.74 Å². The van der Waals surface area contributed by atoms with E-state index in [-0.39, 0.29) is 0 Å². The number of benzene rings is 6. The molecule has 0 unspecified atom stereocenters. The van der Waals surface area contributed by atoms with Gasteiger partial charge in [-0.05, 0) is 58.1 Å². The molecule has 39 heavy (non-hydrogen) atoms. The Morgan fingerprint density at radius 3 is 1.95 bits per heavy atom. The molecule has 0 radical (unpaired) electrons. The first-order chi connectivity index (χ1) is 19.3. The van der Waals surface area contributed by atoms with Crippen molar-refractivity contribution in [1.29, 1.82) is 0 Å². The quantitative estimate of drug-likeness (QED) is 0.243. The minimum Gasteiger partial charge on any atom is -0.456 e. The molecule has 6 aromatic carbocycles. The minimum absolute atomic E-state index is 0.706. The van der Waals surface area contributed by atoms with E-state index in [4.69, 9.17) is 14.7 Å². The Labute approximate surface area is 226 Å². The molecule has 0 bridgehead atoms. The largest absolute Gasteiger partial charge is 0.456 e. The molecule has 0 spiro atoms. The van der Waals surface area contributed by atoms with E-state index in [1.807, 2.05) is 30.3 Å². The van der Waals surface area contributed by atoms with E-state index in [2.05, 4.69) is 103 Å². The molecule has 0 atom stereocenters. The van der Waals surface area contributed by atoms with Gasteiger partial charge in [0.15, 0.2) is 5.82 Å². The number of rotatable bonds is 3. The van der Waals surface area contributed by atoms with Crippen molar-refractivity contribution in [2.45, 2.75) is 0 Å². The molecule has 0 fully saturated rings. The van der Waals surface area contributed by atoms with Crippen LogP contribution in [-0.2, 0) is 0 Å². The molecular formula is C36H22N2O. The Balaban J connectivity index is 1.33. The zero-order valence-electron chi connectivity index (χ0n) is 21.0. The molecular weight excluding hydrogens is 476 g/mol. The van der Waals surface area contributed by atoms with E-state index < -0.39 is 0 Å². The number of hydrogen-bond donors (Lipinski definition) is 0.